The van der Waals surface area contributed by atoms with Gasteiger partial charge in [0.2, 0.25) is 0 Å². The summed E-state index contributed by atoms with van der Waals surface area (Å²) in [6, 6.07) is 5.79. The Hall–Kier alpha value is -1.02. The van der Waals surface area contributed by atoms with Gasteiger partial charge in [0, 0.05) is 12.8 Å². The van der Waals surface area contributed by atoms with E-state index in [1.165, 1.54) is 0 Å². The van der Waals surface area contributed by atoms with Crippen LogP contribution in [0, 0.1) is 0 Å². The normalized spacial score (nSPS) is 20.9. The Balaban J connectivity index is 2.22. The van der Waals surface area contributed by atoms with Crippen molar-refractivity contribution in [1.29, 1.82) is 0 Å². The maximum atomic E-state index is 11.4. The van der Waals surface area contributed by atoms with E-state index in [1.807, 2.05) is 18.2 Å². The molecule has 0 spiro atoms. The zero-order valence-corrected chi connectivity index (χ0v) is 10.1. The summed E-state index contributed by atoms with van der Waals surface area (Å²) >= 11 is 5.97. The monoisotopic (exact) mass is 238 g/mol. The summed E-state index contributed by atoms with van der Waals surface area (Å²) in [7, 11) is 1.61. The molecule has 1 atom stereocenters. The first-order valence-corrected chi connectivity index (χ1v) is 5.93. The van der Waals surface area contributed by atoms with Gasteiger partial charge in [0.1, 0.15) is 11.5 Å². The van der Waals surface area contributed by atoms with Crippen molar-refractivity contribution in [3.63, 3.8) is 0 Å². The van der Waals surface area contributed by atoms with Gasteiger partial charge in [-0.1, -0.05) is 17.7 Å². The van der Waals surface area contributed by atoms with E-state index >= 15 is 0 Å². The first kappa shape index (κ1) is 11.5. The van der Waals surface area contributed by atoms with Crippen molar-refractivity contribution in [2.24, 2.45) is 0 Å². The van der Waals surface area contributed by atoms with E-state index in [9.17, 15) is 4.79 Å². The molecule has 16 heavy (non-hydrogen) atoms. The van der Waals surface area contributed by atoms with E-state index in [0.29, 0.717) is 28.9 Å². The zero-order valence-electron chi connectivity index (χ0n) is 9.33. The third-order valence-corrected chi connectivity index (χ3v) is 3.44. The Kier molecular flexibility index (Phi) is 3.49. The van der Waals surface area contributed by atoms with Crippen LogP contribution in [0.15, 0.2) is 18.2 Å². The van der Waals surface area contributed by atoms with Crippen LogP contribution in [0.1, 0.15) is 37.2 Å². The first-order valence-electron chi connectivity index (χ1n) is 5.56. The predicted octanol–water partition coefficient (Wildman–Crippen LogP) is 3.58. The van der Waals surface area contributed by atoms with Gasteiger partial charge in [0.05, 0.1) is 12.1 Å². The number of hydrogen-bond donors (Lipinski definition) is 0. The van der Waals surface area contributed by atoms with Gasteiger partial charge in [-0.2, -0.15) is 0 Å². The van der Waals surface area contributed by atoms with Crippen LogP contribution < -0.4 is 4.74 Å². The van der Waals surface area contributed by atoms with E-state index in [-0.39, 0.29) is 0 Å². The number of methoxy groups -OCH3 is 1. The lowest BCUT2D eigenvalue weighted by atomic mass is 9.83. The fourth-order valence-corrected chi connectivity index (χ4v) is 2.43. The van der Waals surface area contributed by atoms with Crippen LogP contribution in [0.25, 0.3) is 0 Å². The average Bonchev–Trinajstić information content (AvgIpc) is 2.29. The van der Waals surface area contributed by atoms with Gasteiger partial charge in [0.25, 0.3) is 0 Å². The number of ether oxygens (including phenoxy) is 1. The van der Waals surface area contributed by atoms with Gasteiger partial charge >= 0.3 is 0 Å². The second-order valence-corrected chi connectivity index (χ2v) is 4.63. The molecule has 1 fully saturated rings. The van der Waals surface area contributed by atoms with Crippen LogP contribution in [-0.4, -0.2) is 12.9 Å². The maximum absolute atomic E-state index is 11.4. The summed E-state index contributed by atoms with van der Waals surface area (Å²) in [5, 5.41) is 0.619. The Morgan fingerprint density at radius 1 is 1.44 bits per heavy atom. The molecule has 2 nitrogen and oxygen atoms in total. The molecule has 1 aromatic rings. The van der Waals surface area contributed by atoms with Gasteiger partial charge in [0.15, 0.2) is 0 Å². The van der Waals surface area contributed by atoms with Crippen molar-refractivity contribution in [2.75, 3.05) is 7.11 Å². The highest BCUT2D eigenvalue weighted by Gasteiger charge is 2.21. The molecule has 0 aliphatic heterocycles. The lowest BCUT2D eigenvalue weighted by molar-refractivity contribution is -0.120. The molecule has 3 heteroatoms. The molecule has 0 N–H and O–H groups in total. The summed E-state index contributed by atoms with van der Waals surface area (Å²) in [6.07, 6.45) is 3.47. The SMILES string of the molecule is COc1cc(C2CCCC(=O)C2)ccc1Cl. The molecule has 2 rings (SSSR count). The first-order chi connectivity index (χ1) is 7.70. The number of halogens is 1. The molecule has 0 radical (unpaired) electrons. The highest BCUT2D eigenvalue weighted by molar-refractivity contribution is 6.32. The number of hydrogen-bond acceptors (Lipinski definition) is 2. The maximum Gasteiger partial charge on any atom is 0.137 e. The predicted molar refractivity (Wildman–Crippen MR) is 64.2 cm³/mol. The molecule has 1 saturated carbocycles. The fourth-order valence-electron chi connectivity index (χ4n) is 2.24. The topological polar surface area (TPSA) is 26.3 Å². The molecule has 1 aromatic carbocycles. The quantitative estimate of drug-likeness (QED) is 0.787. The molecule has 0 heterocycles. The molecule has 0 aromatic heterocycles. The molecular weight excluding hydrogens is 224 g/mol. The Morgan fingerprint density at radius 3 is 2.94 bits per heavy atom. The van der Waals surface area contributed by atoms with Gasteiger partial charge in [-0.05, 0) is 36.5 Å². The fraction of sp³-hybridized carbons (Fsp3) is 0.462. The minimum atomic E-state index is 0.340. The van der Waals surface area contributed by atoms with Crippen molar-refractivity contribution in [1.82, 2.24) is 0 Å². The van der Waals surface area contributed by atoms with Gasteiger partial charge in [-0.15, -0.1) is 0 Å². The van der Waals surface area contributed by atoms with Crippen molar-refractivity contribution >= 4 is 17.4 Å². The minimum absolute atomic E-state index is 0.340. The van der Waals surface area contributed by atoms with Crippen LogP contribution in [-0.2, 0) is 4.79 Å². The molecule has 1 unspecified atom stereocenters. The Morgan fingerprint density at radius 2 is 2.25 bits per heavy atom. The van der Waals surface area contributed by atoms with Gasteiger partial charge in [-0.25, -0.2) is 0 Å². The minimum Gasteiger partial charge on any atom is -0.495 e. The standard InChI is InChI=1S/C13H15ClO2/c1-16-13-8-10(5-6-12(13)14)9-3-2-4-11(15)7-9/h5-6,8-9H,2-4,7H2,1H3. The van der Waals surface area contributed by atoms with E-state index in [4.69, 9.17) is 16.3 Å². The van der Waals surface area contributed by atoms with E-state index in [0.717, 1.165) is 24.8 Å². The number of Topliss-reactive ketones (excluding diaryl/α,β-unsaturated/α-hetero) is 1. The summed E-state index contributed by atoms with van der Waals surface area (Å²) < 4.78 is 5.19. The van der Waals surface area contributed by atoms with E-state index in [1.54, 1.807) is 7.11 Å². The van der Waals surface area contributed by atoms with Crippen molar-refractivity contribution in [2.45, 2.75) is 31.6 Å². The summed E-state index contributed by atoms with van der Waals surface area (Å²) in [6.45, 7) is 0. The summed E-state index contributed by atoms with van der Waals surface area (Å²) in [5.41, 5.74) is 1.16. The lowest BCUT2D eigenvalue weighted by Gasteiger charge is -2.21. The molecule has 1 aliphatic rings. The molecular formula is C13H15ClO2. The highest BCUT2D eigenvalue weighted by atomic mass is 35.5. The van der Waals surface area contributed by atoms with Crippen LogP contribution in [0.2, 0.25) is 5.02 Å². The molecule has 86 valence electrons. The summed E-state index contributed by atoms with van der Waals surface area (Å²) in [4.78, 5) is 11.4. The number of benzene rings is 1. The molecule has 0 amide bonds. The average molecular weight is 239 g/mol. The number of ketones is 1. The van der Waals surface area contributed by atoms with Crippen LogP contribution in [0.5, 0.6) is 5.75 Å². The van der Waals surface area contributed by atoms with Crippen molar-refractivity contribution in [3.05, 3.63) is 28.8 Å². The second-order valence-electron chi connectivity index (χ2n) is 4.23. The Labute approximate surface area is 101 Å². The largest absolute Gasteiger partial charge is 0.495 e. The third kappa shape index (κ3) is 2.38. The molecule has 0 saturated heterocycles. The van der Waals surface area contributed by atoms with Gasteiger partial charge < -0.3 is 4.74 Å². The molecule has 0 bridgehead atoms. The van der Waals surface area contributed by atoms with E-state index in [2.05, 4.69) is 0 Å². The van der Waals surface area contributed by atoms with Crippen LogP contribution >= 0.6 is 11.6 Å². The number of carbonyl (C=O) groups is 1. The lowest BCUT2D eigenvalue weighted by Crippen LogP contribution is -2.13. The number of carbonyl (C=O) groups excluding carboxylic acids is 1. The van der Waals surface area contributed by atoms with E-state index < -0.39 is 0 Å². The van der Waals surface area contributed by atoms with Crippen LogP contribution in [0.3, 0.4) is 0 Å². The molecule has 1 aliphatic carbocycles. The van der Waals surface area contributed by atoms with Gasteiger partial charge in [-0.3, -0.25) is 4.79 Å². The third-order valence-electron chi connectivity index (χ3n) is 3.13. The second kappa shape index (κ2) is 4.88. The highest BCUT2D eigenvalue weighted by Crippen LogP contribution is 2.34. The smallest absolute Gasteiger partial charge is 0.137 e. The van der Waals surface area contributed by atoms with Crippen molar-refractivity contribution < 1.29 is 9.53 Å². The number of rotatable bonds is 2. The zero-order chi connectivity index (χ0) is 11.5. The Bertz CT molecular complexity index is 401. The summed E-state index contributed by atoms with van der Waals surface area (Å²) in [5.74, 6) is 1.40. The van der Waals surface area contributed by atoms with Crippen LogP contribution in [0.4, 0.5) is 0 Å². The van der Waals surface area contributed by atoms with Crippen molar-refractivity contribution in [3.8, 4) is 5.75 Å².